The predicted molar refractivity (Wildman–Crippen MR) is 72.0 cm³/mol. The van der Waals surface area contributed by atoms with E-state index in [0.29, 0.717) is 5.69 Å². The van der Waals surface area contributed by atoms with Crippen LogP contribution in [-0.2, 0) is 11.3 Å². The predicted octanol–water partition coefficient (Wildman–Crippen LogP) is 0.835. The molecule has 6 nitrogen and oxygen atoms in total. The van der Waals surface area contributed by atoms with Crippen molar-refractivity contribution in [3.05, 3.63) is 29.6 Å². The van der Waals surface area contributed by atoms with E-state index in [1.807, 2.05) is 12.1 Å². The molecule has 19 heavy (non-hydrogen) atoms. The number of nitrogens with zero attached hydrogens (tertiary/aromatic N) is 2. The molecule has 1 aromatic rings. The fourth-order valence-electron chi connectivity index (χ4n) is 2.09. The summed E-state index contributed by atoms with van der Waals surface area (Å²) in [6, 6.07) is 3.74. The molecule has 0 amide bonds. The van der Waals surface area contributed by atoms with Gasteiger partial charge in [-0.1, -0.05) is 5.16 Å². The molecule has 0 bridgehead atoms. The fourth-order valence-corrected chi connectivity index (χ4v) is 2.09. The van der Waals surface area contributed by atoms with Crippen molar-refractivity contribution in [3.63, 3.8) is 0 Å². The summed E-state index contributed by atoms with van der Waals surface area (Å²) in [4.78, 5) is 4.06. The Morgan fingerprint density at radius 2 is 2.32 bits per heavy atom. The van der Waals surface area contributed by atoms with Crippen LogP contribution < -0.4 is 11.1 Å². The van der Waals surface area contributed by atoms with Crippen LogP contribution in [0.3, 0.4) is 0 Å². The second-order valence-electron chi connectivity index (χ2n) is 5.06. The van der Waals surface area contributed by atoms with Gasteiger partial charge in [0.2, 0.25) is 0 Å². The second kappa shape index (κ2) is 5.99. The lowest BCUT2D eigenvalue weighted by Crippen LogP contribution is -2.46. The maximum atomic E-state index is 8.65. The number of hydrogen-bond acceptors (Lipinski definition) is 5. The van der Waals surface area contributed by atoms with Crippen molar-refractivity contribution in [3.8, 4) is 0 Å². The summed E-state index contributed by atoms with van der Waals surface area (Å²) < 4.78 is 5.37. The Balaban J connectivity index is 1.99. The van der Waals surface area contributed by atoms with Gasteiger partial charge in [0.15, 0.2) is 5.84 Å². The van der Waals surface area contributed by atoms with Crippen molar-refractivity contribution >= 4 is 5.84 Å². The molecule has 0 spiro atoms. The first kappa shape index (κ1) is 13.8. The number of pyridine rings is 1. The van der Waals surface area contributed by atoms with Crippen molar-refractivity contribution in [1.82, 2.24) is 10.3 Å². The molecule has 2 rings (SSSR count). The van der Waals surface area contributed by atoms with Crippen molar-refractivity contribution in [1.29, 1.82) is 0 Å². The molecular weight excluding hydrogens is 244 g/mol. The summed E-state index contributed by atoms with van der Waals surface area (Å²) in [7, 11) is 0. The number of oxime groups is 1. The monoisotopic (exact) mass is 264 g/mol. The highest BCUT2D eigenvalue weighted by Gasteiger charge is 2.26. The number of aromatic nitrogens is 1. The molecule has 0 atom stereocenters. The van der Waals surface area contributed by atoms with E-state index >= 15 is 0 Å². The van der Waals surface area contributed by atoms with Gasteiger partial charge >= 0.3 is 0 Å². The Bertz CT molecular complexity index is 456. The number of nitrogens with two attached hydrogens (primary N) is 1. The average molecular weight is 264 g/mol. The largest absolute Gasteiger partial charge is 0.409 e. The van der Waals surface area contributed by atoms with E-state index in [2.05, 4.69) is 22.4 Å². The quantitative estimate of drug-likeness (QED) is 0.324. The van der Waals surface area contributed by atoms with Gasteiger partial charge in [-0.05, 0) is 37.5 Å². The van der Waals surface area contributed by atoms with E-state index in [1.165, 1.54) is 0 Å². The van der Waals surface area contributed by atoms with Gasteiger partial charge in [0.25, 0.3) is 0 Å². The van der Waals surface area contributed by atoms with Crippen LogP contribution in [0, 0.1) is 0 Å². The molecule has 6 heteroatoms. The van der Waals surface area contributed by atoms with Gasteiger partial charge in [-0.3, -0.25) is 4.98 Å². The van der Waals surface area contributed by atoms with Gasteiger partial charge in [-0.2, -0.15) is 0 Å². The number of nitrogens with one attached hydrogen (secondary N) is 1. The maximum absolute atomic E-state index is 8.65. The standard InChI is InChI=1S/C13H20N4O2/c1-13(3-6-19-7-4-13)16-9-10-2-5-15-11(8-10)12(14)17-18/h2,5,8,16,18H,3-4,6-7,9H2,1H3,(H2,14,17). The highest BCUT2D eigenvalue weighted by atomic mass is 16.5. The molecule has 1 aliphatic rings. The zero-order valence-electron chi connectivity index (χ0n) is 11.1. The van der Waals surface area contributed by atoms with Gasteiger partial charge < -0.3 is 21.0 Å². The number of amidine groups is 1. The number of ether oxygens (including phenoxy) is 1. The minimum atomic E-state index is 0.0270. The van der Waals surface area contributed by atoms with Gasteiger partial charge in [-0.25, -0.2) is 0 Å². The van der Waals surface area contributed by atoms with Gasteiger partial charge in [0.1, 0.15) is 5.69 Å². The highest BCUT2D eigenvalue weighted by Crippen LogP contribution is 2.20. The molecule has 1 saturated heterocycles. The van der Waals surface area contributed by atoms with Crippen LogP contribution in [0.1, 0.15) is 31.0 Å². The first-order chi connectivity index (χ1) is 9.13. The van der Waals surface area contributed by atoms with Crippen LogP contribution in [0.2, 0.25) is 0 Å². The Labute approximate surface area is 112 Å². The Morgan fingerprint density at radius 3 is 3.00 bits per heavy atom. The zero-order chi connectivity index (χ0) is 13.7. The fraction of sp³-hybridized carbons (Fsp3) is 0.538. The van der Waals surface area contributed by atoms with Crippen molar-refractivity contribution < 1.29 is 9.94 Å². The smallest absolute Gasteiger partial charge is 0.188 e. The molecule has 0 unspecified atom stereocenters. The molecule has 0 aliphatic carbocycles. The van der Waals surface area contributed by atoms with Crippen LogP contribution in [-0.4, -0.2) is 34.8 Å². The van der Waals surface area contributed by atoms with Crippen LogP contribution in [0.4, 0.5) is 0 Å². The molecule has 1 aliphatic heterocycles. The normalized spacial score (nSPS) is 19.3. The van der Waals surface area contributed by atoms with Crippen LogP contribution in [0.25, 0.3) is 0 Å². The zero-order valence-corrected chi connectivity index (χ0v) is 11.1. The van der Waals surface area contributed by atoms with Crippen LogP contribution >= 0.6 is 0 Å². The molecule has 0 radical (unpaired) electrons. The molecule has 0 saturated carbocycles. The number of rotatable bonds is 4. The van der Waals surface area contributed by atoms with E-state index in [4.69, 9.17) is 15.7 Å². The lowest BCUT2D eigenvalue weighted by atomic mass is 9.92. The van der Waals surface area contributed by atoms with E-state index in [9.17, 15) is 0 Å². The summed E-state index contributed by atoms with van der Waals surface area (Å²) in [5.74, 6) is 0.0270. The van der Waals surface area contributed by atoms with Gasteiger partial charge in [0.05, 0.1) is 0 Å². The summed E-state index contributed by atoms with van der Waals surface area (Å²) >= 11 is 0. The highest BCUT2D eigenvalue weighted by molar-refractivity contribution is 5.95. The van der Waals surface area contributed by atoms with E-state index in [-0.39, 0.29) is 11.4 Å². The minimum absolute atomic E-state index is 0.0270. The Morgan fingerprint density at radius 1 is 1.58 bits per heavy atom. The van der Waals surface area contributed by atoms with Crippen molar-refractivity contribution in [2.75, 3.05) is 13.2 Å². The molecule has 104 valence electrons. The third-order valence-corrected chi connectivity index (χ3v) is 3.51. The number of hydrogen-bond donors (Lipinski definition) is 3. The van der Waals surface area contributed by atoms with Crippen LogP contribution in [0.5, 0.6) is 0 Å². The SMILES string of the molecule is CC1(NCc2ccnc(/C(N)=N/O)c2)CCOCC1. The second-order valence-corrected chi connectivity index (χ2v) is 5.06. The third kappa shape index (κ3) is 3.65. The Kier molecular flexibility index (Phi) is 4.34. The third-order valence-electron chi connectivity index (χ3n) is 3.51. The van der Waals surface area contributed by atoms with E-state index in [1.54, 1.807) is 6.20 Å². The molecule has 2 heterocycles. The van der Waals surface area contributed by atoms with E-state index < -0.39 is 0 Å². The molecular formula is C13H20N4O2. The topological polar surface area (TPSA) is 92.8 Å². The maximum Gasteiger partial charge on any atom is 0.188 e. The first-order valence-electron chi connectivity index (χ1n) is 6.39. The summed E-state index contributed by atoms with van der Waals surface area (Å²) in [6.07, 6.45) is 3.67. The van der Waals surface area contributed by atoms with Gasteiger partial charge in [0, 0.05) is 31.5 Å². The summed E-state index contributed by atoms with van der Waals surface area (Å²) in [5, 5.41) is 15.2. The van der Waals surface area contributed by atoms with Gasteiger partial charge in [-0.15, -0.1) is 0 Å². The minimum Gasteiger partial charge on any atom is -0.409 e. The van der Waals surface area contributed by atoms with Crippen LogP contribution in [0.15, 0.2) is 23.5 Å². The molecule has 0 aromatic carbocycles. The average Bonchev–Trinajstić information content (AvgIpc) is 2.45. The lowest BCUT2D eigenvalue weighted by Gasteiger charge is -2.34. The van der Waals surface area contributed by atoms with Crippen molar-refractivity contribution in [2.24, 2.45) is 10.9 Å². The summed E-state index contributed by atoms with van der Waals surface area (Å²) in [5.41, 5.74) is 7.18. The lowest BCUT2D eigenvalue weighted by molar-refractivity contribution is 0.0446. The molecule has 4 N–H and O–H groups in total. The molecule has 1 fully saturated rings. The first-order valence-corrected chi connectivity index (χ1v) is 6.39. The Hall–Kier alpha value is -1.66. The van der Waals surface area contributed by atoms with E-state index in [0.717, 1.165) is 38.2 Å². The van der Waals surface area contributed by atoms with Crippen molar-refractivity contribution in [2.45, 2.75) is 31.8 Å². The summed E-state index contributed by atoms with van der Waals surface area (Å²) in [6.45, 7) is 4.54. The molecule has 1 aromatic heterocycles.